The number of hydrogen-bond donors (Lipinski definition) is 2. The highest BCUT2D eigenvalue weighted by molar-refractivity contribution is 5.89. The minimum atomic E-state index is -1.37. The highest BCUT2D eigenvalue weighted by Gasteiger charge is 2.61. The van der Waals surface area contributed by atoms with Crippen LogP contribution in [0.4, 0.5) is 0 Å². The van der Waals surface area contributed by atoms with E-state index in [0.29, 0.717) is 11.7 Å². The van der Waals surface area contributed by atoms with Crippen LogP contribution in [-0.4, -0.2) is 17.7 Å². The van der Waals surface area contributed by atoms with Gasteiger partial charge in [-0.2, -0.15) is 0 Å². The summed E-state index contributed by atoms with van der Waals surface area (Å²) in [5.74, 6) is -1.54. The molecule has 0 saturated heterocycles. The molecule has 124 valence electrons. The molecule has 0 spiro atoms. The Morgan fingerprint density at radius 2 is 1.52 bits per heavy atom. The summed E-state index contributed by atoms with van der Waals surface area (Å²) in [4.78, 5) is 30.6. The van der Waals surface area contributed by atoms with Crippen LogP contribution >= 0.6 is 0 Å². The topological polar surface area (TPSA) is 170 Å². The number of Topliss-reactive ketones (excluding diaryl/α,β-unsaturated/α-hetero) is 1. The number of aliphatic carboxylic acids is 2. The van der Waals surface area contributed by atoms with E-state index in [2.05, 4.69) is 20.8 Å². The SMILES string of the molecule is CC12CCC(CC1=O)C2(C)C.O=C([O-])CCC(=O)[O-].[NH4+].[NH4+]. The quantitative estimate of drug-likeness (QED) is 0.767. The molecule has 0 aromatic carbocycles. The first-order valence-corrected chi connectivity index (χ1v) is 6.54. The smallest absolute Gasteiger partial charge is 0.139 e. The Labute approximate surface area is 125 Å². The highest BCUT2D eigenvalue weighted by Crippen LogP contribution is 2.63. The van der Waals surface area contributed by atoms with Crippen LogP contribution in [0.3, 0.4) is 0 Å². The lowest BCUT2D eigenvalue weighted by molar-refractivity contribution is -0.315. The van der Waals surface area contributed by atoms with Gasteiger partial charge in [0.15, 0.2) is 0 Å². The van der Waals surface area contributed by atoms with Crippen LogP contribution in [-0.2, 0) is 14.4 Å². The maximum absolute atomic E-state index is 11.6. The van der Waals surface area contributed by atoms with Gasteiger partial charge in [0.25, 0.3) is 0 Å². The maximum atomic E-state index is 11.6. The lowest BCUT2D eigenvalue weighted by Crippen LogP contribution is -2.32. The van der Waals surface area contributed by atoms with E-state index in [1.54, 1.807) is 0 Å². The third-order valence-electron chi connectivity index (χ3n) is 5.02. The Balaban J connectivity index is 0. The number of fused-ring (bicyclic) bond motifs is 2. The van der Waals surface area contributed by atoms with Crippen LogP contribution in [0.25, 0.3) is 0 Å². The number of rotatable bonds is 3. The fourth-order valence-electron chi connectivity index (χ4n) is 3.11. The third-order valence-corrected chi connectivity index (χ3v) is 5.02. The molecular weight excluding hydrogens is 276 g/mol. The standard InChI is InChI=1S/C10H16O.C4H6O4.2H3N/c1-9(2)7-4-5-10(9,3)8(11)6-7;5-3(6)1-2-4(7)8;;/h7H,4-6H2,1-3H3;1-2H2,(H,5,6)(H,7,8);2*1H3. The molecule has 0 heterocycles. The van der Waals surface area contributed by atoms with E-state index in [-0.39, 0.29) is 23.1 Å². The fourth-order valence-corrected chi connectivity index (χ4v) is 3.11. The van der Waals surface area contributed by atoms with Crippen molar-refractivity contribution in [1.29, 1.82) is 0 Å². The molecule has 8 N–H and O–H groups in total. The predicted octanol–water partition coefficient (Wildman–Crippen LogP) is 0.421. The van der Waals surface area contributed by atoms with Crippen LogP contribution in [0.15, 0.2) is 0 Å². The molecule has 7 heteroatoms. The van der Waals surface area contributed by atoms with Crippen molar-refractivity contribution in [3.8, 4) is 0 Å². The second kappa shape index (κ2) is 7.51. The van der Waals surface area contributed by atoms with E-state index in [0.717, 1.165) is 12.8 Å². The van der Waals surface area contributed by atoms with Crippen LogP contribution < -0.4 is 22.5 Å². The summed E-state index contributed by atoms with van der Waals surface area (Å²) in [5, 5.41) is 19.0. The Morgan fingerprint density at radius 1 is 1.10 bits per heavy atom. The Hall–Kier alpha value is -1.47. The van der Waals surface area contributed by atoms with Gasteiger partial charge in [-0.05, 0) is 37.0 Å². The van der Waals surface area contributed by atoms with Crippen molar-refractivity contribution in [2.24, 2.45) is 16.7 Å². The minimum Gasteiger partial charge on any atom is -0.550 e. The number of carbonyl (C=O) groups excluding carboxylic acids is 3. The van der Waals surface area contributed by atoms with Crippen molar-refractivity contribution >= 4 is 17.7 Å². The van der Waals surface area contributed by atoms with Crippen LogP contribution in [0.1, 0.15) is 52.9 Å². The normalized spacial score (nSPS) is 27.8. The molecule has 0 aromatic rings. The molecule has 2 rings (SSSR count). The van der Waals surface area contributed by atoms with Gasteiger partial charge in [0.2, 0.25) is 0 Å². The van der Waals surface area contributed by atoms with E-state index < -0.39 is 24.8 Å². The van der Waals surface area contributed by atoms with E-state index in [9.17, 15) is 24.6 Å². The summed E-state index contributed by atoms with van der Waals surface area (Å²) < 4.78 is 0. The molecule has 2 bridgehead atoms. The number of ketones is 1. The number of hydrogen-bond acceptors (Lipinski definition) is 5. The molecular formula is C14H28N2O5. The average molecular weight is 304 g/mol. The molecule has 2 unspecified atom stereocenters. The van der Waals surface area contributed by atoms with Gasteiger partial charge >= 0.3 is 0 Å². The second-order valence-corrected chi connectivity index (χ2v) is 6.16. The van der Waals surface area contributed by atoms with Gasteiger partial charge in [-0.15, -0.1) is 0 Å². The zero-order valence-electron chi connectivity index (χ0n) is 13.7. The van der Waals surface area contributed by atoms with Crippen LogP contribution in [0.2, 0.25) is 0 Å². The molecule has 2 aliphatic carbocycles. The van der Waals surface area contributed by atoms with Crippen molar-refractivity contribution in [2.75, 3.05) is 0 Å². The minimum absolute atomic E-state index is 0. The molecule has 0 aromatic heterocycles. The first-order valence-electron chi connectivity index (χ1n) is 6.54. The zero-order chi connectivity index (χ0) is 14.8. The monoisotopic (exact) mass is 304 g/mol. The van der Waals surface area contributed by atoms with Gasteiger partial charge in [-0.1, -0.05) is 20.8 Å². The summed E-state index contributed by atoms with van der Waals surface area (Å²) >= 11 is 0. The summed E-state index contributed by atoms with van der Waals surface area (Å²) in [6.07, 6.45) is 2.31. The lowest BCUT2D eigenvalue weighted by atomic mass is 9.70. The molecule has 0 radical (unpaired) electrons. The fraction of sp³-hybridized carbons (Fsp3) is 0.786. The second-order valence-electron chi connectivity index (χ2n) is 6.16. The Bertz CT molecular complexity index is 394. The first-order chi connectivity index (χ1) is 8.61. The van der Waals surface area contributed by atoms with E-state index >= 15 is 0 Å². The van der Waals surface area contributed by atoms with E-state index in [4.69, 9.17) is 0 Å². The largest absolute Gasteiger partial charge is 0.550 e. The van der Waals surface area contributed by atoms with Crippen LogP contribution in [0.5, 0.6) is 0 Å². The van der Waals surface area contributed by atoms with Gasteiger partial charge in [0.1, 0.15) is 5.78 Å². The zero-order valence-corrected chi connectivity index (χ0v) is 13.7. The summed E-state index contributed by atoms with van der Waals surface area (Å²) in [6.45, 7) is 6.67. The molecule has 0 aliphatic heterocycles. The molecule has 0 amide bonds. The van der Waals surface area contributed by atoms with Crippen molar-refractivity contribution < 1.29 is 24.6 Å². The molecule has 21 heavy (non-hydrogen) atoms. The summed E-state index contributed by atoms with van der Waals surface area (Å²) in [5.41, 5.74) is 0.307. The first kappa shape index (κ1) is 21.8. The Morgan fingerprint density at radius 3 is 1.67 bits per heavy atom. The summed E-state index contributed by atoms with van der Waals surface area (Å²) in [7, 11) is 0. The molecule has 7 nitrogen and oxygen atoms in total. The van der Waals surface area contributed by atoms with Gasteiger partial charge in [0, 0.05) is 23.8 Å². The average Bonchev–Trinajstić information content (AvgIpc) is 2.60. The van der Waals surface area contributed by atoms with Crippen molar-refractivity contribution in [2.45, 2.75) is 52.9 Å². The third kappa shape index (κ3) is 4.25. The van der Waals surface area contributed by atoms with Gasteiger partial charge < -0.3 is 32.1 Å². The highest BCUT2D eigenvalue weighted by atomic mass is 16.4. The number of carboxylic acids is 2. The van der Waals surface area contributed by atoms with Crippen LogP contribution in [0, 0.1) is 16.7 Å². The van der Waals surface area contributed by atoms with E-state index in [1.807, 2.05) is 0 Å². The molecule has 2 saturated carbocycles. The molecule has 2 atom stereocenters. The van der Waals surface area contributed by atoms with Crippen molar-refractivity contribution in [3.05, 3.63) is 0 Å². The van der Waals surface area contributed by atoms with Gasteiger partial charge in [-0.25, -0.2) is 0 Å². The van der Waals surface area contributed by atoms with Crippen molar-refractivity contribution in [1.82, 2.24) is 12.3 Å². The Kier molecular flexibility index (Phi) is 7.81. The van der Waals surface area contributed by atoms with E-state index in [1.165, 1.54) is 6.42 Å². The number of carbonyl (C=O) groups is 3. The number of carboxylic acid groups (broad SMARTS) is 2. The molecule has 2 fully saturated rings. The van der Waals surface area contributed by atoms with Gasteiger partial charge in [-0.3, -0.25) is 4.79 Å². The molecule has 2 aliphatic rings. The maximum Gasteiger partial charge on any atom is 0.139 e. The van der Waals surface area contributed by atoms with Gasteiger partial charge in [0.05, 0.1) is 0 Å². The summed E-state index contributed by atoms with van der Waals surface area (Å²) in [6, 6.07) is 0. The number of quaternary nitrogens is 2. The lowest BCUT2D eigenvalue weighted by Gasteiger charge is -2.32. The predicted molar refractivity (Wildman–Crippen MR) is 75.5 cm³/mol. The van der Waals surface area contributed by atoms with Crippen molar-refractivity contribution in [3.63, 3.8) is 0 Å².